The second-order valence-electron chi connectivity index (χ2n) is 10.2. The van der Waals surface area contributed by atoms with Crippen LogP contribution in [-0.2, 0) is 9.59 Å². The molecule has 0 fully saturated rings. The average molecular weight is 683 g/mol. The third kappa shape index (κ3) is 9.26. The molecule has 0 aliphatic rings. The van der Waals surface area contributed by atoms with E-state index in [-0.39, 0.29) is 11.6 Å². The summed E-state index contributed by atoms with van der Waals surface area (Å²) in [6.07, 6.45) is 1.58. The number of amides is 3. The van der Waals surface area contributed by atoms with Crippen LogP contribution in [0.4, 0.5) is 11.4 Å². The van der Waals surface area contributed by atoms with Crippen LogP contribution in [0.3, 0.4) is 0 Å². The monoisotopic (exact) mass is 681 g/mol. The molecule has 5 aromatic rings. The van der Waals surface area contributed by atoms with Crippen LogP contribution < -0.4 is 20.7 Å². The molecule has 236 valence electrons. The van der Waals surface area contributed by atoms with Crippen molar-refractivity contribution < 1.29 is 19.1 Å². The zero-order valence-electron chi connectivity index (χ0n) is 25.1. The molecule has 0 aliphatic heterocycles. The fourth-order valence-corrected chi connectivity index (χ4v) is 5.82. The van der Waals surface area contributed by atoms with Gasteiger partial charge in [0.2, 0.25) is 5.91 Å². The molecule has 1 unspecified atom stereocenters. The molecule has 0 aliphatic carbocycles. The lowest BCUT2D eigenvalue weighted by atomic mass is 10.1. The van der Waals surface area contributed by atoms with Crippen LogP contribution in [-0.4, -0.2) is 24.8 Å². The van der Waals surface area contributed by atoms with E-state index >= 15 is 0 Å². The number of hydrogen-bond donors (Lipinski definition) is 3. The Labute approximate surface area is 287 Å². The number of anilines is 2. The molecule has 0 saturated heterocycles. The van der Waals surface area contributed by atoms with Gasteiger partial charge in [0.25, 0.3) is 11.8 Å². The highest BCUT2D eigenvalue weighted by atomic mass is 35.5. The summed E-state index contributed by atoms with van der Waals surface area (Å²) in [5.41, 5.74) is 2.91. The maximum Gasteiger partial charge on any atom is 0.272 e. The lowest BCUT2D eigenvalue weighted by Crippen LogP contribution is -2.30. The number of thioether (sulfide) groups is 1. The minimum absolute atomic E-state index is 0.0527. The smallest absolute Gasteiger partial charge is 0.272 e. The fourth-order valence-electron chi connectivity index (χ4n) is 4.50. The molecule has 5 rings (SSSR count). The normalized spacial score (nSPS) is 11.7. The highest BCUT2D eigenvalue weighted by molar-refractivity contribution is 8.00. The third-order valence-corrected chi connectivity index (χ3v) is 8.59. The van der Waals surface area contributed by atoms with Crippen molar-refractivity contribution in [3.05, 3.63) is 160 Å². The Hall–Kier alpha value is -5.02. The van der Waals surface area contributed by atoms with E-state index in [1.54, 1.807) is 91.0 Å². The van der Waals surface area contributed by atoms with E-state index in [9.17, 15) is 14.4 Å². The number of halogens is 2. The Morgan fingerprint density at radius 2 is 1.38 bits per heavy atom. The largest absolute Gasteiger partial charge is 0.495 e. The van der Waals surface area contributed by atoms with Crippen molar-refractivity contribution in [2.75, 3.05) is 17.7 Å². The molecule has 0 saturated carbocycles. The lowest BCUT2D eigenvalue weighted by Gasteiger charge is -2.18. The summed E-state index contributed by atoms with van der Waals surface area (Å²) in [4.78, 5) is 40.8. The Morgan fingerprint density at radius 1 is 0.745 bits per heavy atom. The maximum absolute atomic E-state index is 13.6. The molecule has 3 N–H and O–H groups in total. The van der Waals surface area contributed by atoms with E-state index in [1.807, 2.05) is 42.5 Å². The van der Waals surface area contributed by atoms with Gasteiger partial charge in [-0.1, -0.05) is 83.9 Å². The van der Waals surface area contributed by atoms with Crippen LogP contribution in [0.2, 0.25) is 10.0 Å². The SMILES string of the molecule is COc1ccc(Cl)cc1NC(=O)C(Sc1ccc(NC(=O)/C(=C/c2ccc(Cl)cc2)NC(=O)c2ccccc2)cc1)c1ccccc1. The number of ether oxygens (including phenoxy) is 1. The zero-order chi connectivity index (χ0) is 33.2. The minimum Gasteiger partial charge on any atom is -0.495 e. The standard InChI is InChI=1S/C37H29Cl2N3O4S/c1-46-33-21-16-28(39)23-31(33)41-37(45)34(25-8-4-2-5-9-25)47-30-19-17-29(18-20-30)40-36(44)32(22-24-12-14-27(38)15-13-24)42-35(43)26-10-6-3-7-11-26/h2-23,34H,1H3,(H,40,44)(H,41,45)(H,42,43)/b32-22-. The molecule has 47 heavy (non-hydrogen) atoms. The molecule has 0 spiro atoms. The topological polar surface area (TPSA) is 96.5 Å². The van der Waals surface area contributed by atoms with Gasteiger partial charge in [-0.05, 0) is 83.9 Å². The van der Waals surface area contributed by atoms with E-state index in [0.717, 1.165) is 10.5 Å². The van der Waals surface area contributed by atoms with Gasteiger partial charge in [-0.3, -0.25) is 14.4 Å². The Bertz CT molecular complexity index is 1890. The van der Waals surface area contributed by atoms with E-state index in [1.165, 1.54) is 18.9 Å². The summed E-state index contributed by atoms with van der Waals surface area (Å²) in [6.45, 7) is 0. The summed E-state index contributed by atoms with van der Waals surface area (Å²) >= 11 is 13.6. The number of rotatable bonds is 11. The van der Waals surface area contributed by atoms with Crippen LogP contribution >= 0.6 is 35.0 Å². The van der Waals surface area contributed by atoms with Crippen molar-refractivity contribution >= 4 is 70.1 Å². The van der Waals surface area contributed by atoms with Crippen molar-refractivity contribution in [2.45, 2.75) is 10.1 Å². The number of carbonyl (C=O) groups excluding carboxylic acids is 3. The van der Waals surface area contributed by atoms with Gasteiger partial charge in [0.05, 0.1) is 12.8 Å². The first kappa shape index (κ1) is 33.3. The van der Waals surface area contributed by atoms with E-state index in [0.29, 0.717) is 38.3 Å². The first-order valence-electron chi connectivity index (χ1n) is 14.4. The second-order valence-corrected chi connectivity index (χ2v) is 12.2. The van der Waals surface area contributed by atoms with Crippen LogP contribution in [0.5, 0.6) is 5.75 Å². The lowest BCUT2D eigenvalue weighted by molar-refractivity contribution is -0.116. The predicted octanol–water partition coefficient (Wildman–Crippen LogP) is 8.88. The maximum atomic E-state index is 13.6. The second kappa shape index (κ2) is 16.0. The van der Waals surface area contributed by atoms with E-state index in [4.69, 9.17) is 27.9 Å². The van der Waals surface area contributed by atoms with Crippen LogP contribution in [0.1, 0.15) is 26.7 Å². The number of benzene rings is 5. The summed E-state index contributed by atoms with van der Waals surface area (Å²) in [6, 6.07) is 37.1. The van der Waals surface area contributed by atoms with Crippen molar-refractivity contribution in [1.82, 2.24) is 5.32 Å². The summed E-state index contributed by atoms with van der Waals surface area (Å²) < 4.78 is 5.40. The summed E-state index contributed by atoms with van der Waals surface area (Å²) in [5, 5.41) is 8.94. The van der Waals surface area contributed by atoms with Gasteiger partial charge in [0.15, 0.2) is 0 Å². The quantitative estimate of drug-likeness (QED) is 0.0956. The molecule has 0 aromatic heterocycles. The van der Waals surface area contributed by atoms with Crippen molar-refractivity contribution in [3.63, 3.8) is 0 Å². The van der Waals surface area contributed by atoms with Crippen molar-refractivity contribution in [1.29, 1.82) is 0 Å². The average Bonchev–Trinajstić information content (AvgIpc) is 3.09. The molecule has 7 nitrogen and oxygen atoms in total. The summed E-state index contributed by atoms with van der Waals surface area (Å²) in [5.74, 6) is -0.704. The van der Waals surface area contributed by atoms with Gasteiger partial charge in [-0.25, -0.2) is 0 Å². The highest BCUT2D eigenvalue weighted by Gasteiger charge is 2.24. The van der Waals surface area contributed by atoms with Gasteiger partial charge in [0, 0.05) is 26.2 Å². The van der Waals surface area contributed by atoms with Gasteiger partial charge in [0.1, 0.15) is 16.7 Å². The van der Waals surface area contributed by atoms with Crippen LogP contribution in [0, 0.1) is 0 Å². The van der Waals surface area contributed by atoms with Crippen LogP contribution in [0.25, 0.3) is 6.08 Å². The molecule has 0 bridgehead atoms. The number of hydrogen-bond acceptors (Lipinski definition) is 5. The van der Waals surface area contributed by atoms with E-state index < -0.39 is 17.1 Å². The van der Waals surface area contributed by atoms with Crippen LogP contribution in [0.15, 0.2) is 138 Å². The zero-order valence-corrected chi connectivity index (χ0v) is 27.4. The Kier molecular flexibility index (Phi) is 11.4. The third-order valence-electron chi connectivity index (χ3n) is 6.84. The summed E-state index contributed by atoms with van der Waals surface area (Å²) in [7, 11) is 1.52. The van der Waals surface area contributed by atoms with Crippen molar-refractivity contribution in [3.8, 4) is 5.75 Å². The number of methoxy groups -OCH3 is 1. The number of nitrogens with one attached hydrogen (secondary N) is 3. The van der Waals surface area contributed by atoms with Gasteiger partial charge >= 0.3 is 0 Å². The fraction of sp³-hybridized carbons (Fsp3) is 0.0541. The molecule has 3 amide bonds. The van der Waals surface area contributed by atoms with Crippen molar-refractivity contribution in [2.24, 2.45) is 0 Å². The molecular formula is C37H29Cl2N3O4S. The van der Waals surface area contributed by atoms with Gasteiger partial charge in [-0.15, -0.1) is 11.8 Å². The molecule has 1 atom stereocenters. The van der Waals surface area contributed by atoms with Gasteiger partial charge in [-0.2, -0.15) is 0 Å². The Morgan fingerprint density at radius 3 is 2.04 bits per heavy atom. The Balaban J connectivity index is 1.33. The highest BCUT2D eigenvalue weighted by Crippen LogP contribution is 2.38. The molecule has 0 heterocycles. The predicted molar refractivity (Wildman–Crippen MR) is 190 cm³/mol. The van der Waals surface area contributed by atoms with E-state index in [2.05, 4.69) is 16.0 Å². The molecular weight excluding hydrogens is 653 g/mol. The van der Waals surface area contributed by atoms with Gasteiger partial charge < -0.3 is 20.7 Å². The first-order chi connectivity index (χ1) is 22.8. The molecule has 0 radical (unpaired) electrons. The molecule has 10 heteroatoms. The number of carbonyl (C=O) groups is 3. The first-order valence-corrected chi connectivity index (χ1v) is 16.0. The minimum atomic E-state index is -0.609. The molecule has 5 aromatic carbocycles.